The van der Waals surface area contributed by atoms with E-state index in [1.54, 1.807) is 0 Å². The zero-order chi connectivity index (χ0) is 25.1. The summed E-state index contributed by atoms with van der Waals surface area (Å²) in [5.74, 6) is 2.81. The number of hydrogen-bond donors (Lipinski definition) is 0. The molecule has 7 atom stereocenters. The lowest BCUT2D eigenvalue weighted by Gasteiger charge is -2.59. The maximum atomic E-state index is 12.6. The van der Waals surface area contributed by atoms with Crippen LogP contribution in [0.3, 0.4) is 0 Å². The Labute approximate surface area is 214 Å². The van der Waals surface area contributed by atoms with Crippen LogP contribution in [0.5, 0.6) is 0 Å². The minimum Gasteiger partial charge on any atom is -0.434 e. The lowest BCUT2D eigenvalue weighted by atomic mass is 9.45. The topological polar surface area (TPSA) is 52.6 Å². The van der Waals surface area contributed by atoms with E-state index in [-0.39, 0.29) is 16.9 Å². The number of ketones is 1. The number of ether oxygens (including phenoxy) is 2. The number of hydrogen-bond acceptors (Lipinski definition) is 4. The van der Waals surface area contributed by atoms with Crippen LogP contribution >= 0.6 is 0 Å². The summed E-state index contributed by atoms with van der Waals surface area (Å²) < 4.78 is 11.5. The molecule has 0 bridgehead atoms. The molecule has 4 heteroatoms. The van der Waals surface area contributed by atoms with Crippen LogP contribution in [0.2, 0.25) is 0 Å². The molecule has 3 saturated carbocycles. The molecule has 3 fully saturated rings. The predicted molar refractivity (Wildman–Crippen MR) is 140 cm³/mol. The molecular weight excluding hydrogens is 436 g/mol. The molecule has 0 saturated heterocycles. The molecule has 4 aliphatic carbocycles. The van der Waals surface area contributed by atoms with Crippen molar-refractivity contribution in [3.05, 3.63) is 11.6 Å². The minimum atomic E-state index is -0.457. The van der Waals surface area contributed by atoms with E-state index in [1.807, 2.05) is 6.08 Å². The van der Waals surface area contributed by atoms with Crippen molar-refractivity contribution in [1.82, 2.24) is 0 Å². The standard InChI is InChI=1S/C31H50O4/c1-5-6-7-8-9-10-11-12-19-34-29(33)35-27-14-13-25-28-22(2)20-23-21-24(32)15-17-30(23,3)26(28)16-18-31(25,27)4/h21-22,25-28H,5-20H2,1-4H3. The Morgan fingerprint density at radius 3 is 2.43 bits per heavy atom. The first kappa shape index (κ1) is 26.7. The Bertz CT molecular complexity index is 787. The third-order valence-electron chi connectivity index (χ3n) is 10.7. The van der Waals surface area contributed by atoms with E-state index >= 15 is 0 Å². The third kappa shape index (κ3) is 5.52. The van der Waals surface area contributed by atoms with Gasteiger partial charge in [0, 0.05) is 11.8 Å². The van der Waals surface area contributed by atoms with E-state index in [0.29, 0.717) is 42.5 Å². The highest BCUT2D eigenvalue weighted by Gasteiger charge is 2.61. The first-order valence-corrected chi connectivity index (χ1v) is 14.9. The van der Waals surface area contributed by atoms with Crippen LogP contribution in [-0.2, 0) is 14.3 Å². The predicted octanol–water partition coefficient (Wildman–Crippen LogP) is 8.43. The molecule has 35 heavy (non-hydrogen) atoms. The molecule has 0 aromatic heterocycles. The second-order valence-electron chi connectivity index (χ2n) is 12.8. The van der Waals surface area contributed by atoms with Crippen LogP contribution in [0.15, 0.2) is 11.6 Å². The van der Waals surface area contributed by atoms with Crippen molar-refractivity contribution in [2.45, 2.75) is 130 Å². The summed E-state index contributed by atoms with van der Waals surface area (Å²) >= 11 is 0. The van der Waals surface area contributed by atoms with Crippen molar-refractivity contribution in [3.8, 4) is 0 Å². The molecular formula is C31H50O4. The molecule has 0 spiro atoms. The van der Waals surface area contributed by atoms with Crippen LogP contribution in [0.1, 0.15) is 124 Å². The smallest absolute Gasteiger partial charge is 0.434 e. The van der Waals surface area contributed by atoms with Gasteiger partial charge in [-0.1, -0.05) is 78.2 Å². The van der Waals surface area contributed by atoms with Gasteiger partial charge in [-0.05, 0) is 80.1 Å². The Kier molecular flexibility index (Phi) is 8.69. The van der Waals surface area contributed by atoms with Gasteiger partial charge in [0.1, 0.15) is 6.10 Å². The molecule has 198 valence electrons. The number of carbonyl (C=O) groups excluding carboxylic acids is 2. The molecule has 0 aliphatic heterocycles. The summed E-state index contributed by atoms with van der Waals surface area (Å²) in [4.78, 5) is 24.7. The Hall–Kier alpha value is -1.32. The molecule has 0 amide bonds. The minimum absolute atomic E-state index is 0.0237. The van der Waals surface area contributed by atoms with Gasteiger partial charge in [0.15, 0.2) is 5.78 Å². The SMILES string of the molecule is CCCCCCCCCCOC(=O)OC1CCC2C3C(C)CC4=CC(=O)CCC4(C)C3CCC12C. The fraction of sp³-hybridized carbons (Fsp3) is 0.871. The van der Waals surface area contributed by atoms with E-state index in [4.69, 9.17) is 9.47 Å². The average molecular weight is 487 g/mol. The van der Waals surface area contributed by atoms with Crippen molar-refractivity contribution in [3.63, 3.8) is 0 Å². The third-order valence-corrected chi connectivity index (χ3v) is 10.7. The van der Waals surface area contributed by atoms with E-state index in [0.717, 1.165) is 44.9 Å². The van der Waals surface area contributed by atoms with Gasteiger partial charge < -0.3 is 9.47 Å². The number of allylic oxidation sites excluding steroid dienone is 1. The van der Waals surface area contributed by atoms with Crippen LogP contribution in [0.4, 0.5) is 4.79 Å². The summed E-state index contributed by atoms with van der Waals surface area (Å²) in [5.41, 5.74) is 1.65. The first-order chi connectivity index (χ1) is 16.8. The average Bonchev–Trinajstić information content (AvgIpc) is 3.15. The van der Waals surface area contributed by atoms with E-state index in [1.165, 1.54) is 50.5 Å². The molecule has 4 nitrogen and oxygen atoms in total. The molecule has 0 aromatic rings. The zero-order valence-corrected chi connectivity index (χ0v) is 22.9. The van der Waals surface area contributed by atoms with Gasteiger partial charge in [-0.3, -0.25) is 4.79 Å². The van der Waals surface area contributed by atoms with Crippen LogP contribution in [0.25, 0.3) is 0 Å². The molecule has 4 rings (SSSR count). The van der Waals surface area contributed by atoms with Gasteiger partial charge in [0.2, 0.25) is 0 Å². The van der Waals surface area contributed by atoms with Gasteiger partial charge >= 0.3 is 6.16 Å². The van der Waals surface area contributed by atoms with E-state index < -0.39 is 6.16 Å². The summed E-state index contributed by atoms with van der Waals surface area (Å²) in [5, 5.41) is 0. The first-order valence-electron chi connectivity index (χ1n) is 14.9. The molecule has 7 unspecified atom stereocenters. The number of carbonyl (C=O) groups is 2. The molecule has 0 aromatic carbocycles. The van der Waals surface area contributed by atoms with E-state index in [2.05, 4.69) is 27.7 Å². The van der Waals surface area contributed by atoms with Gasteiger partial charge in [-0.25, -0.2) is 4.79 Å². The summed E-state index contributed by atoms with van der Waals surface area (Å²) in [6, 6.07) is 0. The maximum Gasteiger partial charge on any atom is 0.508 e. The monoisotopic (exact) mass is 486 g/mol. The lowest BCUT2D eigenvalue weighted by molar-refractivity contribution is -0.120. The largest absolute Gasteiger partial charge is 0.508 e. The number of unbranched alkanes of at least 4 members (excludes halogenated alkanes) is 7. The molecule has 4 aliphatic rings. The van der Waals surface area contributed by atoms with Crippen LogP contribution in [-0.4, -0.2) is 24.6 Å². The fourth-order valence-corrected chi connectivity index (χ4v) is 8.59. The molecule has 0 radical (unpaired) electrons. The maximum absolute atomic E-state index is 12.6. The second-order valence-corrected chi connectivity index (χ2v) is 12.8. The van der Waals surface area contributed by atoms with Crippen molar-refractivity contribution in [1.29, 1.82) is 0 Å². The van der Waals surface area contributed by atoms with Gasteiger partial charge in [0.05, 0.1) is 6.61 Å². The normalized spacial score (nSPS) is 38.2. The van der Waals surface area contributed by atoms with Crippen LogP contribution in [0, 0.1) is 34.5 Å². The highest BCUT2D eigenvalue weighted by atomic mass is 16.7. The van der Waals surface area contributed by atoms with Gasteiger partial charge in [-0.15, -0.1) is 0 Å². The number of rotatable bonds is 10. The quantitative estimate of drug-likeness (QED) is 0.230. The van der Waals surface area contributed by atoms with Crippen molar-refractivity contribution < 1.29 is 19.1 Å². The van der Waals surface area contributed by atoms with Crippen LogP contribution < -0.4 is 0 Å². The summed E-state index contributed by atoms with van der Waals surface area (Å²) in [6.07, 6.45) is 18.6. The zero-order valence-electron chi connectivity index (χ0n) is 22.9. The Balaban J connectivity index is 1.27. The number of fused-ring (bicyclic) bond motifs is 5. The van der Waals surface area contributed by atoms with E-state index in [9.17, 15) is 9.59 Å². The lowest BCUT2D eigenvalue weighted by Crippen LogP contribution is -2.54. The highest BCUT2D eigenvalue weighted by Crippen LogP contribution is 2.66. The molecule has 0 N–H and O–H groups in total. The summed E-state index contributed by atoms with van der Waals surface area (Å²) in [6.45, 7) is 9.94. The fourth-order valence-electron chi connectivity index (χ4n) is 8.59. The van der Waals surface area contributed by atoms with Crippen molar-refractivity contribution in [2.75, 3.05) is 6.61 Å². The Morgan fingerprint density at radius 2 is 1.69 bits per heavy atom. The van der Waals surface area contributed by atoms with Crippen molar-refractivity contribution in [2.24, 2.45) is 34.5 Å². The second kappa shape index (κ2) is 11.4. The summed E-state index contributed by atoms with van der Waals surface area (Å²) in [7, 11) is 0. The Morgan fingerprint density at radius 1 is 0.971 bits per heavy atom. The van der Waals surface area contributed by atoms with Crippen molar-refractivity contribution >= 4 is 11.9 Å². The highest BCUT2D eigenvalue weighted by molar-refractivity contribution is 5.91. The van der Waals surface area contributed by atoms with Gasteiger partial charge in [-0.2, -0.15) is 0 Å². The van der Waals surface area contributed by atoms with Gasteiger partial charge in [0.25, 0.3) is 0 Å². The molecule has 0 heterocycles.